The molecule has 3 rings (SSSR count). The molecule has 0 heterocycles. The molecule has 1 N–H and O–H groups in total. The number of aliphatic hydroxyl groups excluding tert-OH is 1. The van der Waals surface area contributed by atoms with E-state index in [2.05, 4.69) is 24.3 Å². The number of aryl methyl sites for hydroxylation is 1. The molecule has 1 atom stereocenters. The van der Waals surface area contributed by atoms with Crippen molar-refractivity contribution < 1.29 is 9.84 Å². The maximum atomic E-state index is 9.52. The maximum Gasteiger partial charge on any atom is 0.0577 e. The Morgan fingerprint density at radius 3 is 2.68 bits per heavy atom. The van der Waals surface area contributed by atoms with Crippen LogP contribution in [0.4, 0.5) is 0 Å². The first kappa shape index (κ1) is 13.1. The second-order valence-electron chi connectivity index (χ2n) is 6.05. The lowest BCUT2D eigenvalue weighted by Gasteiger charge is -2.30. The predicted octanol–water partition coefficient (Wildman–Crippen LogP) is 3.43. The van der Waals surface area contributed by atoms with Gasteiger partial charge in [0.25, 0.3) is 0 Å². The highest BCUT2D eigenvalue weighted by molar-refractivity contribution is 5.32. The third-order valence-corrected chi connectivity index (χ3v) is 4.67. The summed E-state index contributed by atoms with van der Waals surface area (Å²) in [5.74, 6) is 0.580. The summed E-state index contributed by atoms with van der Waals surface area (Å²) in [7, 11) is 0. The van der Waals surface area contributed by atoms with Crippen LogP contribution < -0.4 is 0 Å². The lowest BCUT2D eigenvalue weighted by molar-refractivity contribution is -0.0102. The molecular weight excluding hydrogens is 236 g/mol. The minimum Gasteiger partial charge on any atom is -0.393 e. The molecule has 2 heteroatoms. The van der Waals surface area contributed by atoms with Crippen molar-refractivity contribution in [2.24, 2.45) is 0 Å². The van der Waals surface area contributed by atoms with E-state index in [9.17, 15) is 5.11 Å². The standard InChI is InChI=1S/C17H24O2/c18-15-8-10-16(11-9-15)19-12-14-6-3-5-13-4-1-2-7-17(13)14/h1-2,4,7,14-16,18H,3,5-6,8-12H2. The van der Waals surface area contributed by atoms with Crippen LogP contribution in [-0.2, 0) is 11.2 Å². The van der Waals surface area contributed by atoms with Crippen molar-refractivity contribution in [3.63, 3.8) is 0 Å². The minimum absolute atomic E-state index is 0.0877. The molecule has 104 valence electrons. The molecule has 2 aliphatic carbocycles. The van der Waals surface area contributed by atoms with Crippen LogP contribution in [0.25, 0.3) is 0 Å². The molecule has 19 heavy (non-hydrogen) atoms. The molecule has 0 radical (unpaired) electrons. The van der Waals surface area contributed by atoms with E-state index in [0.717, 1.165) is 32.3 Å². The summed E-state index contributed by atoms with van der Waals surface area (Å²) < 4.78 is 6.12. The van der Waals surface area contributed by atoms with E-state index in [-0.39, 0.29) is 6.10 Å². The zero-order valence-electron chi connectivity index (χ0n) is 11.6. The molecule has 1 fully saturated rings. The SMILES string of the molecule is OC1CCC(OCC2CCCc3ccccc32)CC1. The quantitative estimate of drug-likeness (QED) is 0.902. The third-order valence-electron chi connectivity index (χ3n) is 4.67. The molecule has 0 aliphatic heterocycles. The molecule has 0 spiro atoms. The van der Waals surface area contributed by atoms with E-state index >= 15 is 0 Å². The van der Waals surface area contributed by atoms with Crippen LogP contribution in [0.2, 0.25) is 0 Å². The van der Waals surface area contributed by atoms with Gasteiger partial charge in [-0.2, -0.15) is 0 Å². The summed E-state index contributed by atoms with van der Waals surface area (Å²) in [5.41, 5.74) is 3.02. The molecule has 0 bridgehead atoms. The van der Waals surface area contributed by atoms with Gasteiger partial charge in [0.05, 0.1) is 18.8 Å². The summed E-state index contributed by atoms with van der Waals surface area (Å²) in [6.45, 7) is 0.859. The van der Waals surface area contributed by atoms with Crippen molar-refractivity contribution in [1.82, 2.24) is 0 Å². The molecule has 2 nitrogen and oxygen atoms in total. The fourth-order valence-electron chi connectivity index (χ4n) is 3.49. The highest BCUT2D eigenvalue weighted by atomic mass is 16.5. The molecule has 2 aliphatic rings. The van der Waals surface area contributed by atoms with Gasteiger partial charge in [-0.05, 0) is 56.1 Å². The van der Waals surface area contributed by atoms with Gasteiger partial charge in [-0.1, -0.05) is 24.3 Å². The van der Waals surface area contributed by atoms with Crippen LogP contribution in [0.5, 0.6) is 0 Å². The largest absolute Gasteiger partial charge is 0.393 e. The van der Waals surface area contributed by atoms with Crippen LogP contribution in [-0.4, -0.2) is 23.9 Å². The van der Waals surface area contributed by atoms with Gasteiger partial charge in [0, 0.05) is 5.92 Å². The highest BCUT2D eigenvalue weighted by Gasteiger charge is 2.24. The Hall–Kier alpha value is -0.860. The minimum atomic E-state index is -0.0877. The summed E-state index contributed by atoms with van der Waals surface area (Å²) >= 11 is 0. The molecule has 1 aromatic rings. The molecule has 0 saturated heterocycles. The molecular formula is C17H24O2. The van der Waals surface area contributed by atoms with E-state index in [1.54, 1.807) is 0 Å². The van der Waals surface area contributed by atoms with Crippen molar-refractivity contribution in [1.29, 1.82) is 0 Å². The summed E-state index contributed by atoms with van der Waals surface area (Å²) in [6.07, 6.45) is 7.92. The van der Waals surface area contributed by atoms with Gasteiger partial charge in [0.2, 0.25) is 0 Å². The Morgan fingerprint density at radius 2 is 1.84 bits per heavy atom. The van der Waals surface area contributed by atoms with Crippen LogP contribution in [0.3, 0.4) is 0 Å². The van der Waals surface area contributed by atoms with Gasteiger partial charge >= 0.3 is 0 Å². The Balaban J connectivity index is 1.56. The first-order chi connectivity index (χ1) is 9.33. The average Bonchev–Trinajstić information content (AvgIpc) is 2.47. The average molecular weight is 260 g/mol. The highest BCUT2D eigenvalue weighted by Crippen LogP contribution is 2.32. The molecule has 1 saturated carbocycles. The predicted molar refractivity (Wildman–Crippen MR) is 76.3 cm³/mol. The second-order valence-corrected chi connectivity index (χ2v) is 6.05. The molecule has 0 amide bonds. The van der Waals surface area contributed by atoms with E-state index in [1.165, 1.54) is 30.4 Å². The van der Waals surface area contributed by atoms with Crippen molar-refractivity contribution in [3.05, 3.63) is 35.4 Å². The molecule has 0 aromatic heterocycles. The Bertz CT molecular complexity index is 407. The van der Waals surface area contributed by atoms with Gasteiger partial charge in [-0.15, -0.1) is 0 Å². The van der Waals surface area contributed by atoms with Crippen LogP contribution >= 0.6 is 0 Å². The first-order valence-electron chi connectivity index (χ1n) is 7.70. The normalized spacial score (nSPS) is 30.9. The number of benzene rings is 1. The Kier molecular flexibility index (Phi) is 4.19. The van der Waals surface area contributed by atoms with Crippen LogP contribution in [0.15, 0.2) is 24.3 Å². The Labute approximate surface area is 115 Å². The van der Waals surface area contributed by atoms with Gasteiger partial charge in [0.1, 0.15) is 0 Å². The maximum absolute atomic E-state index is 9.52. The number of aliphatic hydroxyl groups is 1. The van der Waals surface area contributed by atoms with E-state index in [4.69, 9.17) is 4.74 Å². The number of fused-ring (bicyclic) bond motifs is 1. The molecule has 1 aromatic carbocycles. The van der Waals surface area contributed by atoms with Gasteiger partial charge in [0.15, 0.2) is 0 Å². The van der Waals surface area contributed by atoms with Gasteiger partial charge in [-0.3, -0.25) is 0 Å². The topological polar surface area (TPSA) is 29.5 Å². The first-order valence-corrected chi connectivity index (χ1v) is 7.70. The van der Waals surface area contributed by atoms with Crippen molar-refractivity contribution >= 4 is 0 Å². The number of ether oxygens (including phenoxy) is 1. The summed E-state index contributed by atoms with van der Waals surface area (Å²) in [4.78, 5) is 0. The van der Waals surface area contributed by atoms with Crippen LogP contribution in [0.1, 0.15) is 55.6 Å². The van der Waals surface area contributed by atoms with Crippen LogP contribution in [0, 0.1) is 0 Å². The van der Waals surface area contributed by atoms with Crippen molar-refractivity contribution in [2.75, 3.05) is 6.61 Å². The second kappa shape index (κ2) is 6.06. The summed E-state index contributed by atoms with van der Waals surface area (Å²) in [6, 6.07) is 8.82. The number of hydrogen-bond donors (Lipinski definition) is 1. The lowest BCUT2D eigenvalue weighted by Crippen LogP contribution is -2.26. The van der Waals surface area contributed by atoms with Crippen molar-refractivity contribution in [2.45, 2.75) is 63.1 Å². The van der Waals surface area contributed by atoms with Crippen molar-refractivity contribution in [3.8, 4) is 0 Å². The fourth-order valence-corrected chi connectivity index (χ4v) is 3.49. The van der Waals surface area contributed by atoms with E-state index < -0.39 is 0 Å². The zero-order valence-corrected chi connectivity index (χ0v) is 11.6. The Morgan fingerprint density at radius 1 is 1.05 bits per heavy atom. The zero-order chi connectivity index (χ0) is 13.1. The summed E-state index contributed by atoms with van der Waals surface area (Å²) in [5, 5.41) is 9.52. The number of rotatable bonds is 3. The monoisotopic (exact) mass is 260 g/mol. The van der Waals surface area contributed by atoms with Gasteiger partial charge in [-0.25, -0.2) is 0 Å². The lowest BCUT2D eigenvalue weighted by atomic mass is 9.83. The number of hydrogen-bond acceptors (Lipinski definition) is 2. The third kappa shape index (κ3) is 3.18. The van der Waals surface area contributed by atoms with E-state index in [1.807, 2.05) is 0 Å². The smallest absolute Gasteiger partial charge is 0.0577 e. The van der Waals surface area contributed by atoms with E-state index in [0.29, 0.717) is 12.0 Å². The fraction of sp³-hybridized carbons (Fsp3) is 0.647. The van der Waals surface area contributed by atoms with Gasteiger partial charge < -0.3 is 9.84 Å². The molecule has 1 unspecified atom stereocenters.